The van der Waals surface area contributed by atoms with Crippen LogP contribution in [0.3, 0.4) is 0 Å². The zero-order valence-corrected chi connectivity index (χ0v) is 24.5. The second kappa shape index (κ2) is 8.36. The molecule has 7 aromatic rings. The van der Waals surface area contributed by atoms with E-state index in [0.717, 1.165) is 12.8 Å². The first-order valence-electron chi connectivity index (χ1n) is 15.0. The molecule has 0 saturated heterocycles. The lowest BCUT2D eigenvalue weighted by Gasteiger charge is -2.14. The third kappa shape index (κ3) is 3.21. The van der Waals surface area contributed by atoms with Gasteiger partial charge in [0, 0.05) is 46.1 Å². The van der Waals surface area contributed by atoms with Crippen molar-refractivity contribution in [3.05, 3.63) is 142 Å². The Balaban J connectivity index is 1.41. The highest BCUT2D eigenvalue weighted by molar-refractivity contribution is 6.08. The number of aryl methyl sites for hydroxylation is 4. The van der Waals surface area contributed by atoms with Crippen LogP contribution in [0.2, 0.25) is 0 Å². The Morgan fingerprint density at radius 1 is 0.429 bits per heavy atom. The summed E-state index contributed by atoms with van der Waals surface area (Å²) in [4.78, 5) is 0. The van der Waals surface area contributed by atoms with Crippen LogP contribution >= 0.6 is 0 Å². The van der Waals surface area contributed by atoms with Crippen LogP contribution in [0.4, 0.5) is 0 Å². The van der Waals surface area contributed by atoms with Crippen LogP contribution < -0.4 is 0 Å². The first kappa shape index (κ1) is 23.8. The van der Waals surface area contributed by atoms with Gasteiger partial charge in [-0.15, -0.1) is 0 Å². The summed E-state index contributed by atoms with van der Waals surface area (Å²) in [7, 11) is 0. The van der Waals surface area contributed by atoms with E-state index in [9.17, 15) is 0 Å². The molecule has 9 rings (SSSR count). The highest BCUT2D eigenvalue weighted by Gasteiger charge is 2.31. The molecule has 2 nitrogen and oxygen atoms in total. The van der Waals surface area contributed by atoms with Crippen LogP contribution in [0.15, 0.2) is 97.1 Å². The van der Waals surface area contributed by atoms with E-state index in [1.54, 1.807) is 0 Å². The SMILES string of the molecule is Cc1ccc(-n2c3c(c4cc5c(cc42)c2c(n5-c4ccc(C)cc4)-c4ccc(C)cc4C2)Cc2cc(C)ccc2-3)cc1. The van der Waals surface area contributed by atoms with Crippen molar-refractivity contribution in [3.8, 4) is 33.9 Å². The van der Waals surface area contributed by atoms with Crippen LogP contribution in [0.25, 0.3) is 55.7 Å². The smallest absolute Gasteiger partial charge is 0.0579 e. The summed E-state index contributed by atoms with van der Waals surface area (Å²) in [6.45, 7) is 8.74. The van der Waals surface area contributed by atoms with Crippen molar-refractivity contribution in [1.29, 1.82) is 0 Å². The Hall–Kier alpha value is -4.82. The molecular weight excluding hydrogens is 508 g/mol. The fraction of sp³-hybridized carbons (Fsp3) is 0.150. The molecule has 0 fully saturated rings. The molecule has 2 heteroatoms. The highest BCUT2D eigenvalue weighted by Crippen LogP contribution is 2.49. The number of rotatable bonds is 2. The number of nitrogens with zero attached hydrogens (tertiary/aromatic N) is 2. The van der Waals surface area contributed by atoms with Gasteiger partial charge in [0.1, 0.15) is 0 Å². The average Bonchev–Trinajstić information content (AvgIpc) is 3.69. The Morgan fingerprint density at radius 2 is 0.810 bits per heavy atom. The van der Waals surface area contributed by atoms with Gasteiger partial charge < -0.3 is 9.13 Å². The summed E-state index contributed by atoms with van der Waals surface area (Å²) in [5.74, 6) is 0. The third-order valence-electron chi connectivity index (χ3n) is 9.62. The molecule has 2 aliphatic rings. The maximum absolute atomic E-state index is 2.53. The van der Waals surface area contributed by atoms with Crippen LogP contribution in [0.5, 0.6) is 0 Å². The maximum atomic E-state index is 2.53. The summed E-state index contributed by atoms with van der Waals surface area (Å²) >= 11 is 0. The molecule has 0 saturated carbocycles. The van der Waals surface area contributed by atoms with Crippen molar-refractivity contribution in [2.45, 2.75) is 40.5 Å². The van der Waals surface area contributed by atoms with E-state index < -0.39 is 0 Å². The van der Waals surface area contributed by atoms with E-state index in [1.807, 2.05) is 0 Å². The molecule has 0 atom stereocenters. The molecule has 202 valence electrons. The Labute approximate surface area is 246 Å². The van der Waals surface area contributed by atoms with Gasteiger partial charge in [0.15, 0.2) is 0 Å². The van der Waals surface area contributed by atoms with Crippen LogP contribution in [-0.4, -0.2) is 9.13 Å². The summed E-state index contributed by atoms with van der Waals surface area (Å²) in [6.07, 6.45) is 1.94. The topological polar surface area (TPSA) is 9.86 Å². The summed E-state index contributed by atoms with van der Waals surface area (Å²) in [5.41, 5.74) is 21.5. The average molecular weight is 541 g/mol. The molecule has 2 aliphatic carbocycles. The lowest BCUT2D eigenvalue weighted by Crippen LogP contribution is -1.98. The van der Waals surface area contributed by atoms with Gasteiger partial charge in [-0.1, -0.05) is 82.9 Å². The molecule has 0 N–H and O–H groups in total. The van der Waals surface area contributed by atoms with Crippen molar-refractivity contribution in [3.63, 3.8) is 0 Å². The van der Waals surface area contributed by atoms with E-state index in [2.05, 4.69) is 134 Å². The molecule has 0 unspecified atom stereocenters. The van der Waals surface area contributed by atoms with Crippen LogP contribution in [-0.2, 0) is 12.8 Å². The minimum Gasteiger partial charge on any atom is -0.309 e. The van der Waals surface area contributed by atoms with Crippen molar-refractivity contribution < 1.29 is 0 Å². The zero-order valence-electron chi connectivity index (χ0n) is 24.5. The van der Waals surface area contributed by atoms with E-state index in [1.165, 1.54) is 100 Å². The maximum Gasteiger partial charge on any atom is 0.0579 e. The molecule has 0 bridgehead atoms. The Bertz CT molecular complexity index is 2090. The molecule has 0 spiro atoms. The number of hydrogen-bond acceptors (Lipinski definition) is 0. The van der Waals surface area contributed by atoms with E-state index in [0.29, 0.717) is 0 Å². The minimum absolute atomic E-state index is 0.972. The normalized spacial score (nSPS) is 13.0. The van der Waals surface area contributed by atoms with Crippen LogP contribution in [0.1, 0.15) is 44.5 Å². The van der Waals surface area contributed by atoms with Gasteiger partial charge in [0.05, 0.1) is 22.4 Å². The van der Waals surface area contributed by atoms with Crippen molar-refractivity contribution >= 4 is 21.8 Å². The quantitative estimate of drug-likeness (QED) is 0.206. The minimum atomic E-state index is 0.972. The van der Waals surface area contributed by atoms with Gasteiger partial charge in [0.25, 0.3) is 0 Å². The molecule has 0 radical (unpaired) electrons. The zero-order chi connectivity index (χ0) is 28.3. The van der Waals surface area contributed by atoms with Gasteiger partial charge in [-0.25, -0.2) is 0 Å². The van der Waals surface area contributed by atoms with Gasteiger partial charge >= 0.3 is 0 Å². The molecule has 42 heavy (non-hydrogen) atoms. The predicted molar refractivity (Wildman–Crippen MR) is 176 cm³/mol. The first-order chi connectivity index (χ1) is 20.4. The van der Waals surface area contributed by atoms with Crippen LogP contribution in [0, 0.1) is 27.7 Å². The van der Waals surface area contributed by atoms with Gasteiger partial charge in [-0.05, 0) is 86.3 Å². The van der Waals surface area contributed by atoms with Crippen molar-refractivity contribution in [2.24, 2.45) is 0 Å². The number of fused-ring (bicyclic) bond motifs is 10. The lowest BCUT2D eigenvalue weighted by molar-refractivity contribution is 1.13. The van der Waals surface area contributed by atoms with Crippen molar-refractivity contribution in [2.75, 3.05) is 0 Å². The standard InChI is InChI=1S/C40H32N2/c1-23-5-11-29(12-6-23)41-37-21-34-36-20-28-18-26(4)10-16-32(28)40(36)42(30-13-7-24(2)8-14-30)38(34)22-33(37)35-19-27-17-25(3)9-15-31(27)39(35)41/h5-18,21-22H,19-20H2,1-4H3. The van der Waals surface area contributed by atoms with E-state index in [-0.39, 0.29) is 0 Å². The summed E-state index contributed by atoms with van der Waals surface area (Å²) < 4.78 is 5.07. The van der Waals surface area contributed by atoms with E-state index in [4.69, 9.17) is 0 Å². The second-order valence-electron chi connectivity index (χ2n) is 12.6. The van der Waals surface area contributed by atoms with Gasteiger partial charge in [-0.3, -0.25) is 0 Å². The number of hydrogen-bond donors (Lipinski definition) is 0. The predicted octanol–water partition coefficient (Wildman–Crippen LogP) is 9.95. The number of benzene rings is 5. The molecule has 5 aromatic carbocycles. The Morgan fingerprint density at radius 3 is 1.21 bits per heavy atom. The molecule has 0 aliphatic heterocycles. The van der Waals surface area contributed by atoms with Gasteiger partial charge in [-0.2, -0.15) is 0 Å². The fourth-order valence-electron chi connectivity index (χ4n) is 7.62. The van der Waals surface area contributed by atoms with Crippen molar-refractivity contribution in [1.82, 2.24) is 9.13 Å². The third-order valence-corrected chi connectivity index (χ3v) is 9.62. The fourth-order valence-corrected chi connectivity index (χ4v) is 7.62. The summed E-state index contributed by atoms with van der Waals surface area (Å²) in [5, 5.41) is 2.72. The molecule has 2 aromatic heterocycles. The van der Waals surface area contributed by atoms with E-state index >= 15 is 0 Å². The molecule has 2 heterocycles. The first-order valence-corrected chi connectivity index (χ1v) is 15.0. The molecule has 0 amide bonds. The second-order valence-corrected chi connectivity index (χ2v) is 12.6. The monoisotopic (exact) mass is 540 g/mol. The Kier molecular flexibility index (Phi) is 4.75. The lowest BCUT2D eigenvalue weighted by atomic mass is 10.0. The summed E-state index contributed by atoms with van der Waals surface area (Å²) in [6, 6.07) is 37.0. The number of aromatic nitrogens is 2. The largest absolute Gasteiger partial charge is 0.309 e. The van der Waals surface area contributed by atoms with Gasteiger partial charge in [0.2, 0.25) is 0 Å². The molecular formula is C40H32N2. The highest BCUT2D eigenvalue weighted by atomic mass is 15.0.